The lowest BCUT2D eigenvalue weighted by atomic mass is 10.2. The average Bonchev–Trinajstić information content (AvgIpc) is 3.00. The summed E-state index contributed by atoms with van der Waals surface area (Å²) in [5.74, 6) is 4.40. The van der Waals surface area contributed by atoms with Gasteiger partial charge in [0.15, 0.2) is 11.5 Å². The highest BCUT2D eigenvalue weighted by Gasteiger charge is 2.16. The summed E-state index contributed by atoms with van der Waals surface area (Å²) in [6.45, 7) is 0.310. The van der Waals surface area contributed by atoms with Crippen LogP contribution in [0.5, 0.6) is 11.5 Å². The van der Waals surface area contributed by atoms with Crippen LogP contribution in [-0.2, 0) is 11.5 Å². The van der Waals surface area contributed by atoms with Crippen LogP contribution in [0.3, 0.4) is 0 Å². The first kappa shape index (κ1) is 12.0. The number of halogens is 1. The van der Waals surface area contributed by atoms with Crippen molar-refractivity contribution >= 4 is 27.7 Å². The molecule has 0 amide bonds. The molecule has 3 rings (SSSR count). The minimum Gasteiger partial charge on any atom is -0.468 e. The lowest BCUT2D eigenvalue weighted by molar-refractivity contribution is 0.174. The molecule has 0 spiro atoms. The van der Waals surface area contributed by atoms with Crippen molar-refractivity contribution in [3.05, 3.63) is 46.3 Å². The topological polar surface area (TPSA) is 31.6 Å². The molecule has 1 aliphatic rings. The van der Waals surface area contributed by atoms with Crippen LogP contribution in [0.1, 0.15) is 11.3 Å². The Kier molecular flexibility index (Phi) is 3.52. The van der Waals surface area contributed by atoms with Crippen LogP contribution in [0, 0.1) is 0 Å². The van der Waals surface area contributed by atoms with Gasteiger partial charge in [-0.1, -0.05) is 15.9 Å². The molecule has 1 aliphatic heterocycles. The molecule has 3 nitrogen and oxygen atoms in total. The average molecular weight is 327 g/mol. The molecule has 94 valence electrons. The van der Waals surface area contributed by atoms with Gasteiger partial charge in [0.05, 0.1) is 12.0 Å². The van der Waals surface area contributed by atoms with E-state index in [0.717, 1.165) is 33.2 Å². The molecule has 1 aromatic heterocycles. The van der Waals surface area contributed by atoms with E-state index in [2.05, 4.69) is 15.9 Å². The summed E-state index contributed by atoms with van der Waals surface area (Å²) >= 11 is 5.36. The van der Waals surface area contributed by atoms with Crippen molar-refractivity contribution in [2.24, 2.45) is 0 Å². The molecule has 0 atom stereocenters. The summed E-state index contributed by atoms with van der Waals surface area (Å²) < 4.78 is 17.1. The summed E-state index contributed by atoms with van der Waals surface area (Å²) in [5.41, 5.74) is 1.20. The number of thioether (sulfide) groups is 1. The van der Waals surface area contributed by atoms with Gasteiger partial charge in [-0.2, -0.15) is 0 Å². The number of benzene rings is 1. The fourth-order valence-corrected chi connectivity index (χ4v) is 3.30. The minimum atomic E-state index is 0.310. The van der Waals surface area contributed by atoms with E-state index in [1.54, 1.807) is 18.0 Å². The third kappa shape index (κ3) is 2.52. The zero-order chi connectivity index (χ0) is 12.4. The van der Waals surface area contributed by atoms with Crippen molar-refractivity contribution in [1.29, 1.82) is 0 Å². The van der Waals surface area contributed by atoms with Gasteiger partial charge in [-0.3, -0.25) is 0 Å². The van der Waals surface area contributed by atoms with Crippen molar-refractivity contribution in [3.63, 3.8) is 0 Å². The van der Waals surface area contributed by atoms with E-state index in [9.17, 15) is 0 Å². The third-order valence-electron chi connectivity index (χ3n) is 2.62. The number of fused-ring (bicyclic) bond motifs is 1. The monoisotopic (exact) mass is 326 g/mol. The maximum atomic E-state index is 5.38. The molecule has 0 N–H and O–H groups in total. The number of rotatable bonds is 4. The largest absolute Gasteiger partial charge is 0.468 e. The molecule has 0 saturated carbocycles. The highest BCUT2D eigenvalue weighted by Crippen LogP contribution is 2.38. The molecule has 0 saturated heterocycles. The molecule has 2 aromatic rings. The van der Waals surface area contributed by atoms with Crippen LogP contribution in [0.25, 0.3) is 0 Å². The Morgan fingerprint density at radius 2 is 2.00 bits per heavy atom. The van der Waals surface area contributed by atoms with E-state index < -0.39 is 0 Å². The van der Waals surface area contributed by atoms with Gasteiger partial charge in [-0.05, 0) is 29.8 Å². The van der Waals surface area contributed by atoms with Crippen molar-refractivity contribution in [1.82, 2.24) is 0 Å². The number of ether oxygens (including phenoxy) is 2. The first-order chi connectivity index (χ1) is 8.83. The molecule has 0 aliphatic carbocycles. The quantitative estimate of drug-likeness (QED) is 0.842. The minimum absolute atomic E-state index is 0.310. The second-order valence-electron chi connectivity index (χ2n) is 3.87. The summed E-state index contributed by atoms with van der Waals surface area (Å²) in [4.78, 5) is 0. The van der Waals surface area contributed by atoms with Crippen molar-refractivity contribution in [2.75, 3.05) is 6.79 Å². The summed E-state index contributed by atoms with van der Waals surface area (Å²) in [7, 11) is 0. The smallest absolute Gasteiger partial charge is 0.231 e. The first-order valence-corrected chi connectivity index (χ1v) is 7.46. The molecule has 18 heavy (non-hydrogen) atoms. The molecule has 1 aromatic carbocycles. The van der Waals surface area contributed by atoms with Gasteiger partial charge >= 0.3 is 0 Å². The van der Waals surface area contributed by atoms with E-state index in [0.29, 0.717) is 6.79 Å². The second kappa shape index (κ2) is 5.28. The van der Waals surface area contributed by atoms with Crippen LogP contribution in [0.15, 0.2) is 39.4 Å². The molecular weight excluding hydrogens is 316 g/mol. The van der Waals surface area contributed by atoms with Gasteiger partial charge < -0.3 is 13.9 Å². The molecule has 5 heteroatoms. The zero-order valence-corrected chi connectivity index (χ0v) is 11.9. The maximum Gasteiger partial charge on any atom is 0.231 e. The van der Waals surface area contributed by atoms with E-state index in [4.69, 9.17) is 13.9 Å². The zero-order valence-electron chi connectivity index (χ0n) is 9.52. The number of furan rings is 1. The van der Waals surface area contributed by atoms with Crippen LogP contribution in [0.2, 0.25) is 0 Å². The van der Waals surface area contributed by atoms with Gasteiger partial charge in [-0.15, -0.1) is 11.8 Å². The lowest BCUT2D eigenvalue weighted by Crippen LogP contribution is -1.92. The standard InChI is InChI=1S/C13H11BrO3S/c14-11-5-13-12(16-8-17-13)4-9(11)6-18-7-10-2-1-3-15-10/h1-5H,6-8H2. The Morgan fingerprint density at radius 1 is 1.17 bits per heavy atom. The first-order valence-electron chi connectivity index (χ1n) is 5.51. The SMILES string of the molecule is Brc1cc2c(cc1CSCc1ccco1)OCO2. The van der Waals surface area contributed by atoms with Gasteiger partial charge in [-0.25, -0.2) is 0 Å². The van der Waals surface area contributed by atoms with Crippen LogP contribution in [0.4, 0.5) is 0 Å². The van der Waals surface area contributed by atoms with Gasteiger partial charge in [0.25, 0.3) is 0 Å². The molecular formula is C13H11BrO3S. The number of hydrogen-bond acceptors (Lipinski definition) is 4. The lowest BCUT2D eigenvalue weighted by Gasteiger charge is -2.05. The van der Waals surface area contributed by atoms with Gasteiger partial charge in [0, 0.05) is 10.2 Å². The van der Waals surface area contributed by atoms with Gasteiger partial charge in [0.2, 0.25) is 6.79 Å². The van der Waals surface area contributed by atoms with Crippen LogP contribution >= 0.6 is 27.7 Å². The Hall–Kier alpha value is -1.07. The Bertz CT molecular complexity index is 539. The number of hydrogen-bond donors (Lipinski definition) is 0. The second-order valence-corrected chi connectivity index (χ2v) is 5.71. The maximum absolute atomic E-state index is 5.38. The molecule has 2 heterocycles. The van der Waals surface area contributed by atoms with Crippen LogP contribution < -0.4 is 9.47 Å². The Morgan fingerprint density at radius 3 is 2.78 bits per heavy atom. The molecule has 0 unspecified atom stereocenters. The van der Waals surface area contributed by atoms with E-state index in [1.165, 1.54) is 5.56 Å². The molecule has 0 bridgehead atoms. The van der Waals surface area contributed by atoms with E-state index in [1.807, 2.05) is 24.3 Å². The normalized spacial score (nSPS) is 12.9. The van der Waals surface area contributed by atoms with Crippen molar-refractivity contribution in [2.45, 2.75) is 11.5 Å². The van der Waals surface area contributed by atoms with Crippen molar-refractivity contribution in [3.8, 4) is 11.5 Å². The predicted octanol–water partition coefficient (Wildman–Crippen LogP) is 4.20. The summed E-state index contributed by atoms with van der Waals surface area (Å²) in [5, 5.41) is 0. The highest BCUT2D eigenvalue weighted by molar-refractivity contribution is 9.10. The highest BCUT2D eigenvalue weighted by atomic mass is 79.9. The van der Waals surface area contributed by atoms with Crippen LogP contribution in [-0.4, -0.2) is 6.79 Å². The van der Waals surface area contributed by atoms with Gasteiger partial charge in [0.1, 0.15) is 5.76 Å². The van der Waals surface area contributed by atoms with E-state index >= 15 is 0 Å². The molecule has 0 fully saturated rings. The molecule has 0 radical (unpaired) electrons. The Labute approximate surface area is 118 Å². The fourth-order valence-electron chi connectivity index (χ4n) is 1.73. The summed E-state index contributed by atoms with van der Waals surface area (Å²) in [6, 6.07) is 7.89. The van der Waals surface area contributed by atoms with Crippen molar-refractivity contribution < 1.29 is 13.9 Å². The summed E-state index contributed by atoms with van der Waals surface area (Å²) in [6.07, 6.45) is 1.70. The predicted molar refractivity (Wildman–Crippen MR) is 74.0 cm³/mol. The fraction of sp³-hybridized carbons (Fsp3) is 0.231. The third-order valence-corrected chi connectivity index (χ3v) is 4.37. The van der Waals surface area contributed by atoms with E-state index in [-0.39, 0.29) is 0 Å². The Balaban J connectivity index is 1.66.